The molecule has 3 heteroatoms. The molecular formula is C16H25NO2. The Morgan fingerprint density at radius 2 is 2.16 bits per heavy atom. The van der Waals surface area contributed by atoms with Crippen LogP contribution in [0.25, 0.3) is 0 Å². The lowest BCUT2D eigenvalue weighted by molar-refractivity contribution is 0.181. The van der Waals surface area contributed by atoms with E-state index >= 15 is 0 Å². The Labute approximate surface area is 116 Å². The normalized spacial score (nSPS) is 20.5. The van der Waals surface area contributed by atoms with Gasteiger partial charge in [0.05, 0.1) is 7.11 Å². The Hall–Kier alpha value is -1.06. The molecule has 1 saturated heterocycles. The Morgan fingerprint density at radius 1 is 1.37 bits per heavy atom. The van der Waals surface area contributed by atoms with Gasteiger partial charge in [-0.3, -0.25) is 0 Å². The highest BCUT2D eigenvalue weighted by molar-refractivity contribution is 5.42. The van der Waals surface area contributed by atoms with Gasteiger partial charge in [0.1, 0.15) is 5.75 Å². The first-order valence-corrected chi connectivity index (χ1v) is 7.05. The van der Waals surface area contributed by atoms with Gasteiger partial charge in [-0.15, -0.1) is 0 Å². The maximum absolute atomic E-state index is 5.48. The van der Waals surface area contributed by atoms with Crippen LogP contribution in [0.15, 0.2) is 12.1 Å². The van der Waals surface area contributed by atoms with Gasteiger partial charge in [0.2, 0.25) is 0 Å². The molecule has 3 nitrogen and oxygen atoms in total. The van der Waals surface area contributed by atoms with Crippen LogP contribution in [0, 0.1) is 19.8 Å². The zero-order valence-corrected chi connectivity index (χ0v) is 12.5. The molecule has 0 aliphatic carbocycles. The molecule has 1 aliphatic heterocycles. The van der Waals surface area contributed by atoms with E-state index in [1.807, 2.05) is 7.05 Å². The Balaban J connectivity index is 2.19. The number of rotatable bonds is 5. The minimum absolute atomic E-state index is 0.399. The van der Waals surface area contributed by atoms with Crippen molar-refractivity contribution in [2.75, 3.05) is 27.4 Å². The first-order valence-electron chi connectivity index (χ1n) is 7.05. The Kier molecular flexibility index (Phi) is 4.83. The molecule has 1 N–H and O–H groups in total. The van der Waals surface area contributed by atoms with Crippen molar-refractivity contribution >= 4 is 0 Å². The van der Waals surface area contributed by atoms with Crippen molar-refractivity contribution in [3.05, 3.63) is 28.8 Å². The highest BCUT2D eigenvalue weighted by Gasteiger charge is 2.22. The van der Waals surface area contributed by atoms with E-state index in [9.17, 15) is 0 Å². The molecule has 2 rings (SSSR count). The summed E-state index contributed by atoms with van der Waals surface area (Å²) >= 11 is 0. The van der Waals surface area contributed by atoms with Gasteiger partial charge in [0.25, 0.3) is 0 Å². The van der Waals surface area contributed by atoms with E-state index < -0.39 is 0 Å². The van der Waals surface area contributed by atoms with Crippen LogP contribution in [0.1, 0.15) is 35.6 Å². The van der Waals surface area contributed by atoms with Gasteiger partial charge in [0, 0.05) is 19.3 Å². The predicted octanol–water partition coefficient (Wildman–Crippen LogP) is 3.00. The number of hydrogen-bond acceptors (Lipinski definition) is 3. The quantitative estimate of drug-likeness (QED) is 0.886. The van der Waals surface area contributed by atoms with Gasteiger partial charge in [-0.05, 0) is 62.4 Å². The highest BCUT2D eigenvalue weighted by Crippen LogP contribution is 2.31. The lowest BCUT2D eigenvalue weighted by atomic mass is 9.90. The SMILES string of the molecule is CNC(CC1CCOC1)c1cc(C)c(OC)cc1C. The summed E-state index contributed by atoms with van der Waals surface area (Å²) in [6, 6.07) is 4.79. The van der Waals surface area contributed by atoms with Gasteiger partial charge >= 0.3 is 0 Å². The second kappa shape index (κ2) is 6.40. The molecular weight excluding hydrogens is 238 g/mol. The zero-order valence-electron chi connectivity index (χ0n) is 12.5. The summed E-state index contributed by atoms with van der Waals surface area (Å²) in [5, 5.41) is 3.45. The van der Waals surface area contributed by atoms with Crippen LogP contribution in [-0.2, 0) is 4.74 Å². The van der Waals surface area contributed by atoms with Crippen LogP contribution in [0.2, 0.25) is 0 Å². The number of ether oxygens (including phenoxy) is 2. The molecule has 2 unspecified atom stereocenters. The monoisotopic (exact) mass is 263 g/mol. The fraction of sp³-hybridized carbons (Fsp3) is 0.625. The molecule has 0 saturated carbocycles. The Bertz CT molecular complexity index is 425. The van der Waals surface area contributed by atoms with Crippen molar-refractivity contribution in [2.24, 2.45) is 5.92 Å². The third-order valence-electron chi connectivity index (χ3n) is 4.10. The van der Waals surface area contributed by atoms with E-state index in [1.54, 1.807) is 7.11 Å². The second-order valence-electron chi connectivity index (χ2n) is 5.48. The number of benzene rings is 1. The van der Waals surface area contributed by atoms with Crippen LogP contribution in [-0.4, -0.2) is 27.4 Å². The number of nitrogens with one attached hydrogen (secondary N) is 1. The minimum Gasteiger partial charge on any atom is -0.496 e. The molecule has 1 aliphatic rings. The summed E-state index contributed by atoms with van der Waals surface area (Å²) in [5.74, 6) is 1.65. The summed E-state index contributed by atoms with van der Waals surface area (Å²) in [5.41, 5.74) is 3.87. The van der Waals surface area contributed by atoms with Gasteiger partial charge in [0.15, 0.2) is 0 Å². The smallest absolute Gasteiger partial charge is 0.122 e. The maximum atomic E-state index is 5.48. The molecule has 0 aromatic heterocycles. The molecule has 19 heavy (non-hydrogen) atoms. The summed E-state index contributed by atoms with van der Waals surface area (Å²) in [7, 11) is 3.77. The first-order chi connectivity index (χ1) is 9.15. The number of methoxy groups -OCH3 is 1. The average Bonchev–Trinajstić information content (AvgIpc) is 2.91. The standard InChI is InChI=1S/C16H25NO2/c1-11-8-16(18-4)12(2)7-14(11)15(17-3)9-13-5-6-19-10-13/h7-8,13,15,17H,5-6,9-10H2,1-4H3. The van der Waals surface area contributed by atoms with E-state index in [2.05, 4.69) is 31.3 Å². The van der Waals surface area contributed by atoms with Gasteiger partial charge in [-0.2, -0.15) is 0 Å². The molecule has 1 fully saturated rings. The molecule has 0 radical (unpaired) electrons. The Morgan fingerprint density at radius 3 is 2.74 bits per heavy atom. The van der Waals surface area contributed by atoms with Crippen molar-refractivity contribution < 1.29 is 9.47 Å². The van der Waals surface area contributed by atoms with Crippen LogP contribution in [0.3, 0.4) is 0 Å². The summed E-state index contributed by atoms with van der Waals surface area (Å²) in [6.07, 6.45) is 2.33. The van der Waals surface area contributed by atoms with Crippen molar-refractivity contribution in [2.45, 2.75) is 32.7 Å². The fourth-order valence-corrected chi connectivity index (χ4v) is 2.91. The second-order valence-corrected chi connectivity index (χ2v) is 5.48. The van der Waals surface area contributed by atoms with Gasteiger partial charge in [-0.25, -0.2) is 0 Å². The van der Waals surface area contributed by atoms with E-state index in [1.165, 1.54) is 23.1 Å². The predicted molar refractivity (Wildman–Crippen MR) is 77.8 cm³/mol. The van der Waals surface area contributed by atoms with Crippen molar-refractivity contribution in [1.29, 1.82) is 0 Å². The lowest BCUT2D eigenvalue weighted by Crippen LogP contribution is -2.21. The van der Waals surface area contributed by atoms with E-state index in [0.29, 0.717) is 12.0 Å². The summed E-state index contributed by atoms with van der Waals surface area (Å²) < 4.78 is 10.9. The molecule has 2 atom stereocenters. The number of aryl methyl sites for hydroxylation is 2. The summed E-state index contributed by atoms with van der Waals surface area (Å²) in [4.78, 5) is 0. The molecule has 1 heterocycles. The molecule has 106 valence electrons. The largest absolute Gasteiger partial charge is 0.496 e. The van der Waals surface area contributed by atoms with Crippen molar-refractivity contribution in [3.8, 4) is 5.75 Å². The van der Waals surface area contributed by atoms with Gasteiger partial charge < -0.3 is 14.8 Å². The average molecular weight is 263 g/mol. The van der Waals surface area contributed by atoms with Crippen LogP contribution >= 0.6 is 0 Å². The van der Waals surface area contributed by atoms with Gasteiger partial charge in [-0.1, -0.05) is 6.07 Å². The number of hydrogen-bond donors (Lipinski definition) is 1. The molecule has 1 aromatic carbocycles. The van der Waals surface area contributed by atoms with E-state index in [0.717, 1.165) is 25.4 Å². The van der Waals surface area contributed by atoms with E-state index in [4.69, 9.17) is 9.47 Å². The third-order valence-corrected chi connectivity index (χ3v) is 4.10. The maximum Gasteiger partial charge on any atom is 0.122 e. The van der Waals surface area contributed by atoms with Crippen LogP contribution in [0.4, 0.5) is 0 Å². The highest BCUT2D eigenvalue weighted by atomic mass is 16.5. The molecule has 0 amide bonds. The van der Waals surface area contributed by atoms with Crippen molar-refractivity contribution in [3.63, 3.8) is 0 Å². The third kappa shape index (κ3) is 3.28. The zero-order chi connectivity index (χ0) is 13.8. The van der Waals surface area contributed by atoms with Crippen molar-refractivity contribution in [1.82, 2.24) is 5.32 Å². The summed E-state index contributed by atoms with van der Waals surface area (Å²) in [6.45, 7) is 6.09. The topological polar surface area (TPSA) is 30.5 Å². The lowest BCUT2D eigenvalue weighted by Gasteiger charge is -2.23. The van der Waals surface area contributed by atoms with Crippen LogP contribution in [0.5, 0.6) is 5.75 Å². The van der Waals surface area contributed by atoms with E-state index in [-0.39, 0.29) is 0 Å². The van der Waals surface area contributed by atoms with Crippen LogP contribution < -0.4 is 10.1 Å². The fourth-order valence-electron chi connectivity index (χ4n) is 2.91. The first kappa shape index (κ1) is 14.4. The molecule has 1 aromatic rings. The molecule has 0 spiro atoms. The molecule has 0 bridgehead atoms. The minimum atomic E-state index is 0.399.